The molecule has 45 heavy (non-hydrogen) atoms. The summed E-state index contributed by atoms with van der Waals surface area (Å²) in [5, 5.41) is 2.28. The van der Waals surface area contributed by atoms with Crippen LogP contribution in [0.25, 0.3) is 33.1 Å². The van der Waals surface area contributed by atoms with Crippen LogP contribution in [0.5, 0.6) is 0 Å². The van der Waals surface area contributed by atoms with Crippen molar-refractivity contribution < 1.29 is 4.42 Å². The van der Waals surface area contributed by atoms with Crippen molar-refractivity contribution in [3.8, 4) is 11.1 Å². The summed E-state index contributed by atoms with van der Waals surface area (Å²) in [5.41, 5.74) is 12.7. The molecule has 212 valence electrons. The number of hydrogen-bond acceptors (Lipinski definition) is 1. The average molecular weight is 575 g/mol. The largest absolute Gasteiger partial charge is 0.456 e. The zero-order valence-electron chi connectivity index (χ0n) is 24.7. The van der Waals surface area contributed by atoms with Gasteiger partial charge in [0.2, 0.25) is 0 Å². The molecule has 1 aliphatic rings. The van der Waals surface area contributed by atoms with E-state index in [1.54, 1.807) is 0 Å². The van der Waals surface area contributed by atoms with E-state index in [2.05, 4.69) is 176 Å². The van der Waals surface area contributed by atoms with Gasteiger partial charge in [0.05, 0.1) is 5.41 Å². The van der Waals surface area contributed by atoms with E-state index >= 15 is 0 Å². The van der Waals surface area contributed by atoms with Gasteiger partial charge in [-0.05, 0) is 56.6 Å². The Morgan fingerprint density at radius 2 is 0.933 bits per heavy atom. The number of fused-ring (bicyclic) bond motifs is 6. The predicted octanol–water partition coefficient (Wildman–Crippen LogP) is 11.1. The van der Waals surface area contributed by atoms with Gasteiger partial charge in [-0.25, -0.2) is 0 Å². The molecule has 8 aromatic rings. The molecule has 1 heteroatoms. The first-order valence-electron chi connectivity index (χ1n) is 15.6. The molecule has 0 aliphatic heterocycles. The van der Waals surface area contributed by atoms with Crippen LogP contribution in [0.3, 0.4) is 0 Å². The van der Waals surface area contributed by atoms with Gasteiger partial charge in [-0.1, -0.05) is 164 Å². The van der Waals surface area contributed by atoms with Crippen molar-refractivity contribution in [1.82, 2.24) is 0 Å². The molecule has 1 aromatic heterocycles. The predicted molar refractivity (Wildman–Crippen MR) is 185 cm³/mol. The van der Waals surface area contributed by atoms with E-state index in [0.717, 1.165) is 27.5 Å². The Morgan fingerprint density at radius 3 is 1.49 bits per heavy atom. The fraction of sp³-hybridized carbons (Fsp3) is 0.0455. The standard InChI is InChI=1S/C44H30O/c1-4-15-31(16-5-1)44(32-17-6-2-7-18-32,33-19-8-3-9-20-33)40-26-14-25-38-39-29-30(27-28-41(39)45-43(38)40)42-36-23-12-10-21-34(36)35-22-11-13-24-37(35)42/h1-29,42H. The maximum Gasteiger partial charge on any atom is 0.140 e. The molecule has 0 saturated carbocycles. The molecule has 0 spiro atoms. The summed E-state index contributed by atoms with van der Waals surface area (Å²) in [5.74, 6) is 0.187. The molecule has 9 rings (SSSR count). The van der Waals surface area contributed by atoms with Crippen molar-refractivity contribution in [2.24, 2.45) is 0 Å². The first kappa shape index (κ1) is 25.8. The fourth-order valence-corrected chi connectivity index (χ4v) is 7.84. The molecular weight excluding hydrogens is 544 g/mol. The third-order valence-corrected chi connectivity index (χ3v) is 9.71. The van der Waals surface area contributed by atoms with E-state index in [0.29, 0.717) is 0 Å². The van der Waals surface area contributed by atoms with Gasteiger partial charge in [0.25, 0.3) is 0 Å². The third-order valence-electron chi connectivity index (χ3n) is 9.71. The molecule has 0 amide bonds. The molecule has 1 heterocycles. The van der Waals surface area contributed by atoms with Crippen molar-refractivity contribution >= 4 is 21.9 Å². The second kappa shape index (κ2) is 10.2. The average Bonchev–Trinajstić information content (AvgIpc) is 3.66. The van der Waals surface area contributed by atoms with Crippen molar-refractivity contribution in [2.45, 2.75) is 11.3 Å². The molecule has 0 unspecified atom stereocenters. The fourth-order valence-electron chi connectivity index (χ4n) is 7.84. The number of para-hydroxylation sites is 1. The van der Waals surface area contributed by atoms with Crippen LogP contribution in [-0.4, -0.2) is 0 Å². The maximum atomic E-state index is 6.91. The second-order valence-corrected chi connectivity index (χ2v) is 12.0. The lowest BCUT2D eigenvalue weighted by atomic mass is 9.65. The first-order valence-corrected chi connectivity index (χ1v) is 15.6. The number of hydrogen-bond donors (Lipinski definition) is 0. The van der Waals surface area contributed by atoms with Crippen molar-refractivity contribution in [3.63, 3.8) is 0 Å². The van der Waals surface area contributed by atoms with Crippen molar-refractivity contribution in [3.05, 3.63) is 215 Å². The Labute approximate surface area is 263 Å². The molecule has 7 aromatic carbocycles. The monoisotopic (exact) mass is 574 g/mol. The Bertz CT molecular complexity index is 2170. The summed E-state index contributed by atoms with van der Waals surface area (Å²) in [7, 11) is 0. The topological polar surface area (TPSA) is 13.1 Å². The van der Waals surface area contributed by atoms with Crippen LogP contribution < -0.4 is 0 Å². The van der Waals surface area contributed by atoms with Gasteiger partial charge in [-0.2, -0.15) is 0 Å². The summed E-state index contributed by atoms with van der Waals surface area (Å²) in [6.45, 7) is 0. The Balaban J connectivity index is 1.32. The SMILES string of the molecule is c1ccc(C(c2ccccc2)(c2ccccc2)c2cccc3c2oc2ccc(C4c5ccccc5-c5ccccc54)cc23)cc1. The van der Waals surface area contributed by atoms with Gasteiger partial charge >= 0.3 is 0 Å². The van der Waals surface area contributed by atoms with Gasteiger partial charge in [-0.15, -0.1) is 0 Å². The summed E-state index contributed by atoms with van der Waals surface area (Å²) in [6, 6.07) is 63.7. The lowest BCUT2D eigenvalue weighted by Crippen LogP contribution is -2.31. The van der Waals surface area contributed by atoms with Gasteiger partial charge in [0.15, 0.2) is 0 Å². The van der Waals surface area contributed by atoms with Crippen LogP contribution >= 0.6 is 0 Å². The lowest BCUT2D eigenvalue weighted by Gasteiger charge is -2.36. The summed E-state index contributed by atoms with van der Waals surface area (Å²) >= 11 is 0. The highest BCUT2D eigenvalue weighted by molar-refractivity contribution is 6.07. The molecule has 1 nitrogen and oxygen atoms in total. The number of rotatable bonds is 5. The van der Waals surface area contributed by atoms with Gasteiger partial charge in [-0.3, -0.25) is 0 Å². The molecule has 0 N–H and O–H groups in total. The van der Waals surface area contributed by atoms with Crippen molar-refractivity contribution in [2.75, 3.05) is 0 Å². The molecule has 1 aliphatic carbocycles. The Morgan fingerprint density at radius 1 is 0.422 bits per heavy atom. The highest BCUT2D eigenvalue weighted by Crippen LogP contribution is 2.51. The minimum absolute atomic E-state index is 0.187. The van der Waals surface area contributed by atoms with E-state index in [-0.39, 0.29) is 5.92 Å². The quantitative estimate of drug-likeness (QED) is 0.186. The Hall–Kier alpha value is -5.66. The highest BCUT2D eigenvalue weighted by Gasteiger charge is 2.40. The van der Waals surface area contributed by atoms with Gasteiger partial charge in [0.1, 0.15) is 11.2 Å². The van der Waals surface area contributed by atoms with E-state index in [1.807, 2.05) is 0 Å². The van der Waals surface area contributed by atoms with Crippen LogP contribution in [0.1, 0.15) is 44.9 Å². The third kappa shape index (κ3) is 3.81. The molecule has 0 radical (unpaired) electrons. The molecule has 0 atom stereocenters. The number of benzene rings is 7. The highest BCUT2D eigenvalue weighted by atomic mass is 16.3. The first-order chi connectivity index (χ1) is 22.3. The number of furan rings is 1. The molecule has 0 saturated heterocycles. The van der Waals surface area contributed by atoms with Crippen molar-refractivity contribution in [1.29, 1.82) is 0 Å². The van der Waals surface area contributed by atoms with E-state index in [4.69, 9.17) is 4.42 Å². The van der Waals surface area contributed by atoms with E-state index in [1.165, 1.54) is 44.5 Å². The molecule has 0 fully saturated rings. The summed E-state index contributed by atoms with van der Waals surface area (Å²) in [4.78, 5) is 0. The minimum atomic E-state index is -0.580. The zero-order valence-corrected chi connectivity index (χ0v) is 24.7. The van der Waals surface area contributed by atoms with Crippen LogP contribution in [-0.2, 0) is 5.41 Å². The van der Waals surface area contributed by atoms with Crippen LogP contribution in [0.2, 0.25) is 0 Å². The van der Waals surface area contributed by atoms with E-state index in [9.17, 15) is 0 Å². The summed E-state index contributed by atoms with van der Waals surface area (Å²) in [6.07, 6.45) is 0. The second-order valence-electron chi connectivity index (χ2n) is 12.0. The van der Waals surface area contributed by atoms with Crippen LogP contribution in [0, 0.1) is 0 Å². The van der Waals surface area contributed by atoms with Gasteiger partial charge < -0.3 is 4.42 Å². The zero-order chi connectivity index (χ0) is 29.8. The van der Waals surface area contributed by atoms with E-state index < -0.39 is 5.41 Å². The summed E-state index contributed by atoms with van der Waals surface area (Å²) < 4.78 is 6.91. The smallest absolute Gasteiger partial charge is 0.140 e. The van der Waals surface area contributed by atoms with Crippen LogP contribution in [0.4, 0.5) is 0 Å². The van der Waals surface area contributed by atoms with Crippen LogP contribution in [0.15, 0.2) is 180 Å². The minimum Gasteiger partial charge on any atom is -0.456 e. The normalized spacial score (nSPS) is 12.8. The molecule has 0 bridgehead atoms. The Kier molecular flexibility index (Phi) is 5.86. The molecular formula is C44H30O. The van der Waals surface area contributed by atoms with Gasteiger partial charge in [0, 0.05) is 22.3 Å². The lowest BCUT2D eigenvalue weighted by molar-refractivity contribution is 0.645. The maximum absolute atomic E-state index is 6.91.